The normalized spacial score (nSPS) is 15.6. The maximum atomic E-state index is 12.4. The van der Waals surface area contributed by atoms with Gasteiger partial charge in [0.25, 0.3) is 0 Å². The van der Waals surface area contributed by atoms with Crippen molar-refractivity contribution in [2.75, 3.05) is 11.9 Å². The molecule has 0 saturated heterocycles. The Labute approximate surface area is 124 Å². The molecule has 0 aliphatic heterocycles. The number of alkyl halides is 1. The van der Waals surface area contributed by atoms with Crippen molar-refractivity contribution in [1.29, 1.82) is 0 Å². The highest BCUT2D eigenvalue weighted by molar-refractivity contribution is 9.09. The molecule has 1 aromatic rings. The highest BCUT2D eigenvalue weighted by Gasteiger charge is 2.21. The van der Waals surface area contributed by atoms with Gasteiger partial charge >= 0.3 is 0 Å². The number of halogens is 1. The largest absolute Gasteiger partial charge is 0.338 e. The number of benzene rings is 1. The quantitative estimate of drug-likeness (QED) is 0.725. The van der Waals surface area contributed by atoms with Crippen LogP contribution in [0.5, 0.6) is 0 Å². The third kappa shape index (κ3) is 4.64. The lowest BCUT2D eigenvalue weighted by atomic mass is 10.0. The summed E-state index contributed by atoms with van der Waals surface area (Å²) in [7, 11) is 0. The van der Waals surface area contributed by atoms with Gasteiger partial charge in [-0.2, -0.15) is 0 Å². The van der Waals surface area contributed by atoms with Crippen molar-refractivity contribution in [3.8, 4) is 0 Å². The number of carbonyl (C=O) groups excluding carboxylic acids is 1. The third-order valence-electron chi connectivity index (χ3n) is 3.86. The van der Waals surface area contributed by atoms with Crippen LogP contribution in [0.2, 0.25) is 0 Å². The molecule has 104 valence electrons. The molecule has 1 aliphatic carbocycles. The molecule has 0 radical (unpaired) electrons. The predicted molar refractivity (Wildman–Crippen MR) is 82.2 cm³/mol. The van der Waals surface area contributed by atoms with Gasteiger partial charge in [-0.15, -0.1) is 0 Å². The van der Waals surface area contributed by atoms with E-state index in [2.05, 4.69) is 28.1 Å². The fraction of sp³-hybridized carbons (Fsp3) is 0.562. The van der Waals surface area contributed by atoms with Gasteiger partial charge in [-0.3, -0.25) is 4.79 Å². The van der Waals surface area contributed by atoms with Gasteiger partial charge in [0, 0.05) is 24.8 Å². The van der Waals surface area contributed by atoms with Gasteiger partial charge in [0.15, 0.2) is 0 Å². The Morgan fingerprint density at radius 3 is 2.53 bits per heavy atom. The van der Waals surface area contributed by atoms with Crippen LogP contribution in [-0.2, 0) is 11.3 Å². The highest BCUT2D eigenvalue weighted by Crippen LogP contribution is 2.28. The summed E-state index contributed by atoms with van der Waals surface area (Å²) in [6, 6.07) is 10.2. The van der Waals surface area contributed by atoms with E-state index in [1.165, 1.54) is 31.2 Å². The fourth-order valence-electron chi connectivity index (χ4n) is 2.79. The maximum absolute atomic E-state index is 12.4. The molecule has 0 heterocycles. The van der Waals surface area contributed by atoms with Gasteiger partial charge < -0.3 is 4.90 Å². The van der Waals surface area contributed by atoms with Crippen LogP contribution in [0.4, 0.5) is 0 Å². The second-order valence-corrected chi connectivity index (χ2v) is 6.14. The zero-order chi connectivity index (χ0) is 13.5. The fourth-order valence-corrected chi connectivity index (χ4v) is 3.22. The predicted octanol–water partition coefficient (Wildman–Crippen LogP) is 3.99. The molecule has 0 N–H and O–H groups in total. The molecule has 1 aliphatic rings. The Balaban J connectivity index is 1.92. The minimum absolute atomic E-state index is 0.315. The maximum Gasteiger partial charge on any atom is 0.223 e. The van der Waals surface area contributed by atoms with Crippen LogP contribution in [-0.4, -0.2) is 22.7 Å². The third-order valence-corrected chi connectivity index (χ3v) is 4.22. The van der Waals surface area contributed by atoms with Gasteiger partial charge in [0.05, 0.1) is 0 Å². The summed E-state index contributed by atoms with van der Waals surface area (Å²) >= 11 is 3.45. The molecule has 1 aromatic carbocycles. The summed E-state index contributed by atoms with van der Waals surface area (Å²) in [5, 5.41) is 0.843. The van der Waals surface area contributed by atoms with Crippen LogP contribution >= 0.6 is 15.9 Å². The Morgan fingerprint density at radius 1 is 1.21 bits per heavy atom. The van der Waals surface area contributed by atoms with Crippen molar-refractivity contribution < 1.29 is 4.79 Å². The number of carbonyl (C=O) groups is 1. The molecule has 2 nitrogen and oxygen atoms in total. The monoisotopic (exact) mass is 323 g/mol. The SMILES string of the molecule is O=C(CC1CCCC1)N(CCBr)Cc1ccccc1. The summed E-state index contributed by atoms with van der Waals surface area (Å²) in [6.45, 7) is 1.53. The van der Waals surface area contributed by atoms with Crippen molar-refractivity contribution in [1.82, 2.24) is 4.90 Å². The topological polar surface area (TPSA) is 20.3 Å². The van der Waals surface area contributed by atoms with Crippen LogP contribution in [0.3, 0.4) is 0 Å². The van der Waals surface area contributed by atoms with E-state index in [1.54, 1.807) is 0 Å². The highest BCUT2D eigenvalue weighted by atomic mass is 79.9. The smallest absolute Gasteiger partial charge is 0.223 e. The second kappa shape index (κ2) is 7.68. The van der Waals surface area contributed by atoms with Crippen molar-refractivity contribution in [3.05, 3.63) is 35.9 Å². The summed E-state index contributed by atoms with van der Waals surface area (Å²) in [5.74, 6) is 0.941. The van der Waals surface area contributed by atoms with Crippen molar-refractivity contribution in [2.24, 2.45) is 5.92 Å². The van der Waals surface area contributed by atoms with E-state index < -0.39 is 0 Å². The average molecular weight is 324 g/mol. The van der Waals surface area contributed by atoms with E-state index in [0.717, 1.165) is 24.8 Å². The second-order valence-electron chi connectivity index (χ2n) is 5.34. The average Bonchev–Trinajstić information content (AvgIpc) is 2.92. The van der Waals surface area contributed by atoms with Gasteiger partial charge in [0.1, 0.15) is 0 Å². The van der Waals surface area contributed by atoms with Crippen molar-refractivity contribution >= 4 is 21.8 Å². The molecule has 19 heavy (non-hydrogen) atoms. The Morgan fingerprint density at radius 2 is 1.89 bits per heavy atom. The Bertz CT molecular complexity index is 387. The van der Waals surface area contributed by atoms with E-state index in [-0.39, 0.29) is 0 Å². The molecule has 2 rings (SSSR count). The first-order valence-corrected chi connectivity index (χ1v) is 8.29. The number of hydrogen-bond acceptors (Lipinski definition) is 1. The lowest BCUT2D eigenvalue weighted by molar-refractivity contribution is -0.132. The molecule has 1 saturated carbocycles. The van der Waals surface area contributed by atoms with Crippen LogP contribution in [0.1, 0.15) is 37.7 Å². The van der Waals surface area contributed by atoms with Crippen molar-refractivity contribution in [3.63, 3.8) is 0 Å². The van der Waals surface area contributed by atoms with Crippen LogP contribution < -0.4 is 0 Å². The number of hydrogen-bond donors (Lipinski definition) is 0. The lowest BCUT2D eigenvalue weighted by Crippen LogP contribution is -2.33. The molecule has 1 fully saturated rings. The lowest BCUT2D eigenvalue weighted by Gasteiger charge is -2.23. The number of nitrogens with zero attached hydrogens (tertiary/aromatic N) is 1. The van der Waals surface area contributed by atoms with E-state index in [1.807, 2.05) is 23.1 Å². The van der Waals surface area contributed by atoms with Crippen LogP contribution in [0.25, 0.3) is 0 Å². The minimum Gasteiger partial charge on any atom is -0.338 e. The van der Waals surface area contributed by atoms with Gasteiger partial charge in [-0.25, -0.2) is 0 Å². The first-order chi connectivity index (χ1) is 9.29. The van der Waals surface area contributed by atoms with Crippen molar-refractivity contribution in [2.45, 2.75) is 38.6 Å². The molecule has 0 aromatic heterocycles. The molecule has 0 atom stereocenters. The standard InChI is InChI=1S/C16H22BrNO/c17-10-11-18(13-15-8-2-1-3-9-15)16(19)12-14-6-4-5-7-14/h1-3,8-9,14H,4-7,10-13H2. The zero-order valence-electron chi connectivity index (χ0n) is 11.4. The molecule has 1 amide bonds. The molecule has 3 heteroatoms. The molecular formula is C16H22BrNO. The minimum atomic E-state index is 0.315. The number of rotatable bonds is 6. The molecule has 0 spiro atoms. The summed E-state index contributed by atoms with van der Waals surface area (Å²) in [5.41, 5.74) is 1.21. The Hall–Kier alpha value is -0.830. The first-order valence-electron chi connectivity index (χ1n) is 7.17. The van der Waals surface area contributed by atoms with E-state index >= 15 is 0 Å². The van der Waals surface area contributed by atoms with E-state index in [9.17, 15) is 4.79 Å². The molecular weight excluding hydrogens is 302 g/mol. The molecule has 0 unspecified atom stereocenters. The van der Waals surface area contributed by atoms with E-state index in [4.69, 9.17) is 0 Å². The summed E-state index contributed by atoms with van der Waals surface area (Å²) in [6.07, 6.45) is 5.81. The first kappa shape index (κ1) is 14.6. The zero-order valence-corrected chi connectivity index (χ0v) is 12.9. The van der Waals surface area contributed by atoms with Gasteiger partial charge in [-0.05, 0) is 24.3 Å². The summed E-state index contributed by atoms with van der Waals surface area (Å²) in [4.78, 5) is 14.4. The van der Waals surface area contributed by atoms with Gasteiger partial charge in [-0.1, -0.05) is 59.1 Å². The van der Waals surface area contributed by atoms with Crippen LogP contribution in [0.15, 0.2) is 30.3 Å². The van der Waals surface area contributed by atoms with E-state index in [0.29, 0.717) is 11.8 Å². The molecule has 0 bridgehead atoms. The van der Waals surface area contributed by atoms with Gasteiger partial charge in [0.2, 0.25) is 5.91 Å². The van der Waals surface area contributed by atoms with Crippen LogP contribution in [0, 0.1) is 5.92 Å². The summed E-state index contributed by atoms with van der Waals surface area (Å²) < 4.78 is 0. The Kier molecular flexibility index (Phi) is 5.90. The number of amides is 1.